The van der Waals surface area contributed by atoms with Crippen molar-refractivity contribution >= 4 is 5.91 Å². The van der Waals surface area contributed by atoms with Crippen LogP contribution < -0.4 is 0 Å². The summed E-state index contributed by atoms with van der Waals surface area (Å²) in [5.41, 5.74) is 1.46. The zero-order valence-electron chi connectivity index (χ0n) is 15.5. The van der Waals surface area contributed by atoms with Gasteiger partial charge in [0.2, 0.25) is 5.91 Å². The Morgan fingerprint density at radius 3 is 2.18 bits per heavy atom. The molecule has 0 N–H and O–H groups in total. The van der Waals surface area contributed by atoms with Crippen molar-refractivity contribution in [2.24, 2.45) is 0 Å². The van der Waals surface area contributed by atoms with E-state index in [1.165, 1.54) is 24.3 Å². The lowest BCUT2D eigenvalue weighted by molar-refractivity contribution is -0.146. The molecule has 1 atom stereocenters. The van der Waals surface area contributed by atoms with Gasteiger partial charge in [0.15, 0.2) is 0 Å². The largest absolute Gasteiger partial charge is 0.336 e. The Kier molecular flexibility index (Phi) is 5.37. The predicted molar refractivity (Wildman–Crippen MR) is 98.8 cm³/mol. The molecule has 0 radical (unpaired) electrons. The van der Waals surface area contributed by atoms with E-state index in [0.717, 1.165) is 31.3 Å². The number of halogens is 3. The minimum Gasteiger partial charge on any atom is -0.336 e. The van der Waals surface area contributed by atoms with E-state index in [4.69, 9.17) is 0 Å². The quantitative estimate of drug-likeness (QED) is 0.805. The Hall–Kier alpha value is -2.38. The molecule has 0 unspecified atom stereocenters. The molecule has 2 aromatic carbocycles. The minimum atomic E-state index is -0.590. The summed E-state index contributed by atoms with van der Waals surface area (Å²) in [6, 6.07) is 9.45. The molecule has 1 amide bonds. The summed E-state index contributed by atoms with van der Waals surface area (Å²) >= 11 is 0. The van der Waals surface area contributed by atoms with Crippen LogP contribution in [-0.4, -0.2) is 59.4 Å². The second-order valence-corrected chi connectivity index (χ2v) is 7.45. The van der Waals surface area contributed by atoms with Gasteiger partial charge in [-0.25, -0.2) is 13.2 Å². The van der Waals surface area contributed by atoms with Gasteiger partial charge in [-0.3, -0.25) is 14.6 Å². The molecule has 2 fully saturated rings. The lowest BCUT2D eigenvalue weighted by Gasteiger charge is -2.46. The molecular formula is C21H22F3N3O. The van der Waals surface area contributed by atoms with E-state index in [9.17, 15) is 18.0 Å². The van der Waals surface area contributed by atoms with Crippen LogP contribution in [0.3, 0.4) is 0 Å². The van der Waals surface area contributed by atoms with Crippen LogP contribution >= 0.6 is 0 Å². The number of fused-ring (bicyclic) bond motifs is 1. The third-order valence-corrected chi connectivity index (χ3v) is 5.44. The highest BCUT2D eigenvalue weighted by atomic mass is 19.1. The molecule has 2 aromatic rings. The van der Waals surface area contributed by atoms with Gasteiger partial charge in [-0.2, -0.15) is 0 Å². The maximum atomic E-state index is 13.4. The summed E-state index contributed by atoms with van der Waals surface area (Å²) in [5.74, 6) is -1.43. The number of amides is 1. The molecule has 2 heterocycles. The highest BCUT2D eigenvalue weighted by Crippen LogP contribution is 2.21. The Balaban J connectivity index is 1.42. The first-order valence-corrected chi connectivity index (χ1v) is 9.42. The van der Waals surface area contributed by atoms with E-state index in [2.05, 4.69) is 9.80 Å². The maximum absolute atomic E-state index is 13.4. The molecule has 28 heavy (non-hydrogen) atoms. The van der Waals surface area contributed by atoms with Gasteiger partial charge in [-0.1, -0.05) is 12.1 Å². The number of hydrogen-bond acceptors (Lipinski definition) is 3. The second kappa shape index (κ2) is 7.93. The summed E-state index contributed by atoms with van der Waals surface area (Å²) in [4.78, 5) is 19.0. The lowest BCUT2D eigenvalue weighted by atomic mass is 10.1. The first kappa shape index (κ1) is 19.0. The smallest absolute Gasteiger partial charge is 0.241 e. The molecule has 148 valence electrons. The zero-order chi connectivity index (χ0) is 19.7. The number of carbonyl (C=O) groups is 1. The van der Waals surface area contributed by atoms with Gasteiger partial charge in [0.25, 0.3) is 0 Å². The average molecular weight is 389 g/mol. The first-order valence-electron chi connectivity index (χ1n) is 9.42. The van der Waals surface area contributed by atoms with Crippen LogP contribution in [0.5, 0.6) is 0 Å². The first-order chi connectivity index (χ1) is 13.5. The van der Waals surface area contributed by atoms with Gasteiger partial charge < -0.3 is 4.90 Å². The fraction of sp³-hybridized carbons (Fsp3) is 0.381. The van der Waals surface area contributed by atoms with Crippen molar-refractivity contribution < 1.29 is 18.0 Å². The van der Waals surface area contributed by atoms with E-state index in [0.29, 0.717) is 31.7 Å². The highest BCUT2D eigenvalue weighted by Gasteiger charge is 2.38. The summed E-state index contributed by atoms with van der Waals surface area (Å²) < 4.78 is 40.0. The fourth-order valence-corrected chi connectivity index (χ4v) is 4.02. The second-order valence-electron chi connectivity index (χ2n) is 7.45. The topological polar surface area (TPSA) is 26.8 Å². The third kappa shape index (κ3) is 4.20. The van der Waals surface area contributed by atoms with E-state index in [1.54, 1.807) is 17.0 Å². The number of rotatable bonds is 4. The van der Waals surface area contributed by atoms with Gasteiger partial charge in [-0.05, 0) is 35.4 Å². The zero-order valence-corrected chi connectivity index (χ0v) is 15.5. The van der Waals surface area contributed by atoms with E-state index < -0.39 is 11.6 Å². The molecule has 0 bridgehead atoms. The standard InChI is InChI=1S/C21H22F3N3O/c22-17-3-1-15(2-4-17)13-27-8-7-26-6-5-25(14-20(26)21(27)28)12-16-9-18(23)11-19(24)10-16/h1-4,9-11,20H,5-8,12-14H2/t20-/m1/s1. The third-order valence-electron chi connectivity index (χ3n) is 5.44. The van der Waals surface area contributed by atoms with Crippen LogP contribution in [0.15, 0.2) is 42.5 Å². The van der Waals surface area contributed by atoms with Crippen molar-refractivity contribution in [1.82, 2.24) is 14.7 Å². The van der Waals surface area contributed by atoms with Crippen LogP contribution in [-0.2, 0) is 17.9 Å². The van der Waals surface area contributed by atoms with E-state index in [-0.39, 0.29) is 17.8 Å². The Morgan fingerprint density at radius 2 is 1.46 bits per heavy atom. The van der Waals surface area contributed by atoms with Crippen molar-refractivity contribution in [3.63, 3.8) is 0 Å². The van der Waals surface area contributed by atoms with Crippen molar-refractivity contribution in [2.75, 3.05) is 32.7 Å². The van der Waals surface area contributed by atoms with Crippen LogP contribution in [0.2, 0.25) is 0 Å². The Labute approximate surface area is 162 Å². The molecule has 0 aliphatic carbocycles. The molecule has 2 saturated heterocycles. The molecule has 0 saturated carbocycles. The predicted octanol–water partition coefficient (Wildman–Crippen LogP) is 2.63. The van der Waals surface area contributed by atoms with Crippen LogP contribution in [0.4, 0.5) is 13.2 Å². The molecule has 2 aliphatic rings. The molecule has 2 aliphatic heterocycles. The number of nitrogens with zero attached hydrogens (tertiary/aromatic N) is 3. The summed E-state index contributed by atoms with van der Waals surface area (Å²) in [6.45, 7) is 4.32. The minimum absolute atomic E-state index is 0.0469. The molecular weight excluding hydrogens is 367 g/mol. The molecule has 4 nitrogen and oxygen atoms in total. The van der Waals surface area contributed by atoms with E-state index in [1.807, 2.05) is 0 Å². The van der Waals surface area contributed by atoms with Crippen molar-refractivity contribution in [3.8, 4) is 0 Å². The highest BCUT2D eigenvalue weighted by molar-refractivity contribution is 5.83. The normalized spacial score (nSPS) is 21.0. The van der Waals surface area contributed by atoms with Crippen LogP contribution in [0.1, 0.15) is 11.1 Å². The number of carbonyl (C=O) groups excluding carboxylic acids is 1. The van der Waals surface area contributed by atoms with Gasteiger partial charge in [0.1, 0.15) is 23.5 Å². The van der Waals surface area contributed by atoms with Gasteiger partial charge in [0.05, 0.1) is 0 Å². The Morgan fingerprint density at radius 1 is 0.786 bits per heavy atom. The summed E-state index contributed by atoms with van der Waals surface area (Å²) in [5, 5.41) is 0. The van der Waals surface area contributed by atoms with Gasteiger partial charge in [0, 0.05) is 51.9 Å². The van der Waals surface area contributed by atoms with E-state index >= 15 is 0 Å². The number of piperazine rings is 2. The van der Waals surface area contributed by atoms with Crippen molar-refractivity contribution in [3.05, 3.63) is 71.0 Å². The summed E-state index contributed by atoms with van der Waals surface area (Å²) in [6.07, 6.45) is 0. The number of benzene rings is 2. The lowest BCUT2D eigenvalue weighted by Crippen LogP contribution is -2.64. The van der Waals surface area contributed by atoms with Crippen LogP contribution in [0, 0.1) is 17.5 Å². The SMILES string of the molecule is O=C1[C@H]2CN(Cc3cc(F)cc(F)c3)CCN2CCN1Cc1ccc(F)cc1. The monoisotopic (exact) mass is 389 g/mol. The Bertz CT molecular complexity index is 838. The maximum Gasteiger partial charge on any atom is 0.241 e. The molecule has 0 spiro atoms. The van der Waals surface area contributed by atoms with Crippen molar-refractivity contribution in [1.29, 1.82) is 0 Å². The molecule has 7 heteroatoms. The number of hydrogen-bond donors (Lipinski definition) is 0. The fourth-order valence-electron chi connectivity index (χ4n) is 4.02. The van der Waals surface area contributed by atoms with Crippen molar-refractivity contribution in [2.45, 2.75) is 19.1 Å². The van der Waals surface area contributed by atoms with Gasteiger partial charge >= 0.3 is 0 Å². The molecule has 4 rings (SSSR count). The average Bonchev–Trinajstić information content (AvgIpc) is 2.65. The van der Waals surface area contributed by atoms with Crippen LogP contribution in [0.25, 0.3) is 0 Å². The summed E-state index contributed by atoms with van der Waals surface area (Å²) in [7, 11) is 0. The molecule has 0 aromatic heterocycles. The van der Waals surface area contributed by atoms with Gasteiger partial charge in [-0.15, -0.1) is 0 Å².